The number of carbonyl (C=O) groups excluding carboxylic acids is 1. The molecule has 0 bridgehead atoms. The van der Waals surface area contributed by atoms with Crippen LogP contribution in [0.1, 0.15) is 45.5 Å². The second-order valence-electron chi connectivity index (χ2n) is 6.65. The lowest BCUT2D eigenvalue weighted by atomic mass is 9.66. The molecule has 2 rings (SSSR count). The van der Waals surface area contributed by atoms with Crippen molar-refractivity contribution < 1.29 is 18.8 Å². The van der Waals surface area contributed by atoms with E-state index in [0.29, 0.717) is 5.02 Å². The molecule has 1 atom stereocenters. The van der Waals surface area contributed by atoms with Gasteiger partial charge in [-0.05, 0) is 45.4 Å². The molecule has 0 saturated carbocycles. The van der Waals surface area contributed by atoms with E-state index in [9.17, 15) is 4.79 Å². The van der Waals surface area contributed by atoms with Gasteiger partial charge in [-0.1, -0.05) is 33.6 Å². The minimum Gasteiger partial charge on any atom is -0.469 e. The first kappa shape index (κ1) is 18.8. The highest BCUT2D eigenvalue weighted by Crippen LogP contribution is 2.44. The molecule has 0 spiro atoms. The molecule has 1 aromatic carbocycles. The molecule has 1 unspecified atom stereocenters. The van der Waals surface area contributed by atoms with Crippen LogP contribution in [-0.4, -0.2) is 31.4 Å². The fourth-order valence-electron chi connectivity index (χ4n) is 2.52. The third-order valence-electron chi connectivity index (χ3n) is 4.58. The maximum absolute atomic E-state index is 11.9. The maximum atomic E-state index is 11.9. The zero-order valence-electron chi connectivity index (χ0n) is 14.0. The van der Waals surface area contributed by atoms with E-state index in [-0.39, 0.29) is 18.2 Å². The Morgan fingerprint density at radius 1 is 1.30 bits per heavy atom. The van der Waals surface area contributed by atoms with Crippen LogP contribution in [0.2, 0.25) is 5.02 Å². The zero-order chi connectivity index (χ0) is 17.4. The average Bonchev–Trinajstić information content (AvgIpc) is 2.65. The topological polar surface area (TPSA) is 44.8 Å². The SMILES string of the molecule is COC(=O)CC(B1OC(C)(C)C(C)(C)O1)c1c(Cl)cccc1Br. The van der Waals surface area contributed by atoms with E-state index in [1.165, 1.54) is 7.11 Å². The Morgan fingerprint density at radius 2 is 1.87 bits per heavy atom. The maximum Gasteiger partial charge on any atom is 0.466 e. The highest BCUT2D eigenvalue weighted by Gasteiger charge is 2.54. The van der Waals surface area contributed by atoms with Gasteiger partial charge in [0.1, 0.15) is 0 Å². The number of esters is 1. The molecule has 0 radical (unpaired) electrons. The van der Waals surface area contributed by atoms with Gasteiger partial charge in [-0.25, -0.2) is 0 Å². The largest absolute Gasteiger partial charge is 0.469 e. The first-order chi connectivity index (χ1) is 10.6. The molecule has 4 nitrogen and oxygen atoms in total. The van der Waals surface area contributed by atoms with Gasteiger partial charge >= 0.3 is 13.1 Å². The quantitative estimate of drug-likeness (QED) is 0.553. The number of ether oxygens (including phenoxy) is 1. The van der Waals surface area contributed by atoms with Gasteiger partial charge < -0.3 is 14.0 Å². The first-order valence-electron chi connectivity index (χ1n) is 7.45. The summed E-state index contributed by atoms with van der Waals surface area (Å²) in [6, 6.07) is 5.52. The second-order valence-corrected chi connectivity index (χ2v) is 7.91. The van der Waals surface area contributed by atoms with Gasteiger partial charge in [0, 0.05) is 15.3 Å². The van der Waals surface area contributed by atoms with Crippen LogP contribution in [0.5, 0.6) is 0 Å². The average molecular weight is 404 g/mol. The molecule has 0 aliphatic carbocycles. The Morgan fingerprint density at radius 3 is 2.35 bits per heavy atom. The second kappa shape index (κ2) is 6.75. The lowest BCUT2D eigenvalue weighted by Crippen LogP contribution is -2.41. The van der Waals surface area contributed by atoms with Crippen LogP contribution in [-0.2, 0) is 18.8 Å². The van der Waals surface area contributed by atoms with Crippen LogP contribution >= 0.6 is 27.5 Å². The van der Waals surface area contributed by atoms with E-state index in [1.807, 2.05) is 39.8 Å². The molecular weight excluding hydrogens is 382 g/mol. The van der Waals surface area contributed by atoms with Gasteiger partial charge in [0.15, 0.2) is 0 Å². The molecule has 1 aliphatic rings. The molecule has 0 N–H and O–H groups in total. The Kier molecular flexibility index (Phi) is 5.51. The highest BCUT2D eigenvalue weighted by molar-refractivity contribution is 9.10. The van der Waals surface area contributed by atoms with Crippen molar-refractivity contribution in [1.29, 1.82) is 0 Å². The summed E-state index contributed by atoms with van der Waals surface area (Å²) >= 11 is 9.89. The van der Waals surface area contributed by atoms with Crippen molar-refractivity contribution in [2.24, 2.45) is 0 Å². The smallest absolute Gasteiger partial charge is 0.466 e. The highest BCUT2D eigenvalue weighted by atomic mass is 79.9. The minimum atomic E-state index is -0.588. The Bertz CT molecular complexity index is 569. The summed E-state index contributed by atoms with van der Waals surface area (Å²) < 4.78 is 17.9. The molecule has 1 aliphatic heterocycles. The molecule has 1 heterocycles. The van der Waals surface area contributed by atoms with Crippen LogP contribution in [0.15, 0.2) is 22.7 Å². The third-order valence-corrected chi connectivity index (χ3v) is 5.61. The lowest BCUT2D eigenvalue weighted by Gasteiger charge is -2.32. The van der Waals surface area contributed by atoms with Gasteiger partial charge in [0.05, 0.1) is 24.7 Å². The van der Waals surface area contributed by atoms with E-state index < -0.39 is 18.3 Å². The van der Waals surface area contributed by atoms with Gasteiger partial charge in [0.2, 0.25) is 0 Å². The van der Waals surface area contributed by atoms with Crippen molar-refractivity contribution in [2.75, 3.05) is 7.11 Å². The fourth-order valence-corrected chi connectivity index (χ4v) is 3.60. The van der Waals surface area contributed by atoms with Crippen LogP contribution < -0.4 is 0 Å². The lowest BCUT2D eigenvalue weighted by molar-refractivity contribution is -0.140. The third kappa shape index (κ3) is 3.76. The summed E-state index contributed by atoms with van der Waals surface area (Å²) in [5.74, 6) is -0.705. The molecule has 23 heavy (non-hydrogen) atoms. The van der Waals surface area contributed by atoms with Crippen LogP contribution in [0.4, 0.5) is 0 Å². The molecule has 1 saturated heterocycles. The van der Waals surface area contributed by atoms with Crippen molar-refractivity contribution >= 4 is 40.6 Å². The summed E-state index contributed by atoms with van der Waals surface area (Å²) in [6.07, 6.45) is 0.121. The van der Waals surface area contributed by atoms with Gasteiger partial charge in [-0.3, -0.25) is 4.79 Å². The van der Waals surface area contributed by atoms with Crippen molar-refractivity contribution in [3.8, 4) is 0 Å². The monoisotopic (exact) mass is 402 g/mol. The van der Waals surface area contributed by atoms with Crippen molar-refractivity contribution in [2.45, 2.75) is 51.1 Å². The summed E-state index contributed by atoms with van der Waals surface area (Å²) in [4.78, 5) is 11.9. The number of methoxy groups -OCH3 is 1. The predicted octanol–water partition coefficient (Wildman–Crippen LogP) is 4.38. The van der Waals surface area contributed by atoms with Gasteiger partial charge in [-0.15, -0.1) is 0 Å². The van der Waals surface area contributed by atoms with Gasteiger partial charge in [-0.2, -0.15) is 0 Å². The predicted molar refractivity (Wildman–Crippen MR) is 94.6 cm³/mol. The molecule has 7 heteroatoms. The van der Waals surface area contributed by atoms with Crippen molar-refractivity contribution in [3.63, 3.8) is 0 Å². The van der Waals surface area contributed by atoms with E-state index in [2.05, 4.69) is 15.9 Å². The fraction of sp³-hybridized carbons (Fsp3) is 0.562. The molecule has 0 aromatic heterocycles. The number of hydrogen-bond donors (Lipinski definition) is 0. The normalized spacial score (nSPS) is 20.4. The van der Waals surface area contributed by atoms with Crippen LogP contribution in [0, 0.1) is 0 Å². The van der Waals surface area contributed by atoms with Crippen molar-refractivity contribution in [3.05, 3.63) is 33.3 Å². The first-order valence-corrected chi connectivity index (χ1v) is 8.62. The Labute approximate surface area is 151 Å². The van der Waals surface area contributed by atoms with E-state index in [1.54, 1.807) is 6.07 Å². The number of halogens is 2. The molecule has 0 amide bonds. The molecule has 1 fully saturated rings. The van der Waals surface area contributed by atoms with Crippen molar-refractivity contribution in [1.82, 2.24) is 0 Å². The number of carbonyl (C=O) groups is 1. The zero-order valence-corrected chi connectivity index (χ0v) is 16.3. The number of rotatable bonds is 4. The number of benzene rings is 1. The summed E-state index contributed by atoms with van der Waals surface area (Å²) in [5.41, 5.74) is -0.183. The molecule has 126 valence electrons. The van der Waals surface area contributed by atoms with E-state index in [0.717, 1.165) is 10.0 Å². The minimum absolute atomic E-state index is 0.121. The summed E-state index contributed by atoms with van der Waals surface area (Å²) in [7, 11) is 0.779. The molecular formula is C16H21BBrClO4. The Hall–Kier alpha value is -0.555. The standard InChI is InChI=1S/C16H21BBrClO4/c1-15(2)16(3,4)23-17(22-15)10(9-13(20)21-5)14-11(18)7-6-8-12(14)19/h6-8,10H,9H2,1-5H3. The van der Waals surface area contributed by atoms with Crippen LogP contribution in [0.3, 0.4) is 0 Å². The number of hydrogen-bond acceptors (Lipinski definition) is 4. The van der Waals surface area contributed by atoms with E-state index in [4.69, 9.17) is 25.6 Å². The summed E-state index contributed by atoms with van der Waals surface area (Å²) in [5, 5.41) is 0.558. The van der Waals surface area contributed by atoms with Gasteiger partial charge in [0.25, 0.3) is 0 Å². The summed E-state index contributed by atoms with van der Waals surface area (Å²) in [6.45, 7) is 7.90. The van der Waals surface area contributed by atoms with Crippen LogP contribution in [0.25, 0.3) is 0 Å². The molecule has 1 aromatic rings. The van der Waals surface area contributed by atoms with E-state index >= 15 is 0 Å². The Balaban J connectivity index is 2.42.